The number of carboxylic acid groups (broad SMARTS) is 2. The van der Waals surface area contributed by atoms with Gasteiger partial charge < -0.3 is 49.1 Å². The minimum atomic E-state index is -1.44. The van der Waals surface area contributed by atoms with Crippen molar-refractivity contribution in [1.29, 1.82) is 0 Å². The van der Waals surface area contributed by atoms with E-state index >= 15 is 0 Å². The van der Waals surface area contributed by atoms with Gasteiger partial charge in [0.2, 0.25) is 23.6 Å². The molecule has 4 atom stereocenters. The lowest BCUT2D eigenvalue weighted by molar-refractivity contribution is -0.143. The van der Waals surface area contributed by atoms with Gasteiger partial charge in [0.15, 0.2) is 5.96 Å². The zero-order chi connectivity index (χ0) is 29.4. The SMILES string of the molecule is CC(C)CC(NC(=O)C(N)CCC(=O)O)C(=O)NC(CCCN=C(N)N)C(=O)NC(CCC(N)=O)C(=O)O. The second-order valence-electron chi connectivity index (χ2n) is 9.14. The van der Waals surface area contributed by atoms with Gasteiger partial charge in [-0.2, -0.15) is 0 Å². The van der Waals surface area contributed by atoms with Crippen molar-refractivity contribution < 1.29 is 39.0 Å². The number of nitrogens with one attached hydrogen (secondary N) is 3. The first-order valence-corrected chi connectivity index (χ1v) is 12.1. The Bertz CT molecular complexity index is 875. The summed E-state index contributed by atoms with van der Waals surface area (Å²) in [7, 11) is 0. The van der Waals surface area contributed by atoms with Crippen LogP contribution < -0.4 is 38.9 Å². The first-order chi connectivity index (χ1) is 17.6. The molecular formula is C22H40N8O8. The van der Waals surface area contributed by atoms with Gasteiger partial charge in [-0.3, -0.25) is 29.0 Å². The van der Waals surface area contributed by atoms with Gasteiger partial charge in [-0.15, -0.1) is 0 Å². The smallest absolute Gasteiger partial charge is 0.326 e. The highest BCUT2D eigenvalue weighted by Gasteiger charge is 2.30. The van der Waals surface area contributed by atoms with Crippen LogP contribution in [0.3, 0.4) is 0 Å². The number of hydrogen-bond donors (Lipinski definition) is 9. The molecule has 0 saturated carbocycles. The zero-order valence-electron chi connectivity index (χ0n) is 21.6. The topological polar surface area (TPSA) is 295 Å². The maximum atomic E-state index is 13.1. The van der Waals surface area contributed by atoms with Crippen LogP contribution in [0.25, 0.3) is 0 Å². The van der Waals surface area contributed by atoms with Gasteiger partial charge in [-0.05, 0) is 38.0 Å². The van der Waals surface area contributed by atoms with Crippen molar-refractivity contribution in [3.8, 4) is 0 Å². The Morgan fingerprint density at radius 1 is 0.763 bits per heavy atom. The standard InChI is InChI=1S/C22H40N8O8/c1-11(2)10-15(30-18(34)12(23)5-8-17(32)33)20(36)28-13(4-3-9-27-22(25)26)19(35)29-14(21(37)38)6-7-16(24)31/h11-15H,3-10,23H2,1-2H3,(H2,24,31)(H,28,36)(H,29,35)(H,30,34)(H,32,33)(H,37,38)(H4,25,26,27). The first-order valence-electron chi connectivity index (χ1n) is 12.1. The fraction of sp³-hybridized carbons (Fsp3) is 0.682. The number of guanidine groups is 1. The van der Waals surface area contributed by atoms with Gasteiger partial charge in [0.05, 0.1) is 6.04 Å². The summed E-state index contributed by atoms with van der Waals surface area (Å²) in [6.07, 6.45) is -0.618. The molecule has 0 aliphatic heterocycles. The summed E-state index contributed by atoms with van der Waals surface area (Å²) in [5.41, 5.74) is 21.4. The third-order valence-corrected chi connectivity index (χ3v) is 5.22. The summed E-state index contributed by atoms with van der Waals surface area (Å²) in [6, 6.07) is -4.96. The molecule has 13 N–H and O–H groups in total. The third-order valence-electron chi connectivity index (χ3n) is 5.22. The van der Waals surface area contributed by atoms with Crippen molar-refractivity contribution in [2.45, 2.75) is 83.0 Å². The first kappa shape index (κ1) is 34.0. The number of carboxylic acids is 2. The fourth-order valence-corrected chi connectivity index (χ4v) is 3.25. The lowest BCUT2D eigenvalue weighted by Crippen LogP contribution is -2.57. The molecule has 216 valence electrons. The normalized spacial score (nSPS) is 13.9. The molecule has 16 nitrogen and oxygen atoms in total. The number of nitrogens with two attached hydrogens (primary N) is 4. The third kappa shape index (κ3) is 15.2. The van der Waals surface area contributed by atoms with Crippen LogP contribution in [-0.4, -0.2) is 82.5 Å². The molecule has 0 aliphatic carbocycles. The highest BCUT2D eigenvalue weighted by atomic mass is 16.4. The van der Waals surface area contributed by atoms with Gasteiger partial charge in [0.25, 0.3) is 0 Å². The van der Waals surface area contributed by atoms with Crippen molar-refractivity contribution in [2.75, 3.05) is 6.54 Å². The Kier molecular flexibility index (Phi) is 15.7. The van der Waals surface area contributed by atoms with Crippen LogP contribution in [0.1, 0.15) is 58.8 Å². The fourth-order valence-electron chi connectivity index (χ4n) is 3.25. The van der Waals surface area contributed by atoms with Crippen LogP contribution in [0.5, 0.6) is 0 Å². The van der Waals surface area contributed by atoms with Gasteiger partial charge in [0, 0.05) is 19.4 Å². The van der Waals surface area contributed by atoms with Gasteiger partial charge in [0.1, 0.15) is 18.1 Å². The molecule has 0 saturated heterocycles. The van der Waals surface area contributed by atoms with Crippen molar-refractivity contribution in [1.82, 2.24) is 16.0 Å². The van der Waals surface area contributed by atoms with Gasteiger partial charge in [-0.25, -0.2) is 4.79 Å². The van der Waals surface area contributed by atoms with Crippen molar-refractivity contribution in [3.05, 3.63) is 0 Å². The van der Waals surface area contributed by atoms with Crippen LogP contribution >= 0.6 is 0 Å². The van der Waals surface area contributed by atoms with E-state index in [9.17, 15) is 33.9 Å². The number of aliphatic imine (C=N–C) groups is 1. The number of carbonyl (C=O) groups is 6. The number of hydrogen-bond acceptors (Lipinski definition) is 8. The number of aliphatic carboxylic acids is 2. The molecule has 0 bridgehead atoms. The van der Waals surface area contributed by atoms with Gasteiger partial charge in [-0.1, -0.05) is 13.8 Å². The Balaban J connectivity index is 5.65. The molecule has 0 spiro atoms. The summed E-state index contributed by atoms with van der Waals surface area (Å²) < 4.78 is 0. The number of nitrogens with zero attached hydrogens (tertiary/aromatic N) is 1. The lowest BCUT2D eigenvalue weighted by atomic mass is 10.0. The molecule has 0 fully saturated rings. The van der Waals surface area contributed by atoms with E-state index in [2.05, 4.69) is 20.9 Å². The second kappa shape index (κ2) is 17.5. The average Bonchev–Trinajstić information content (AvgIpc) is 2.80. The number of primary amides is 1. The minimum absolute atomic E-state index is 0.0109. The Hall–Kier alpha value is -3.95. The predicted octanol–water partition coefficient (Wildman–Crippen LogP) is -2.92. The molecule has 0 aliphatic rings. The zero-order valence-corrected chi connectivity index (χ0v) is 21.6. The second-order valence-corrected chi connectivity index (χ2v) is 9.14. The van der Waals surface area contributed by atoms with E-state index in [1.807, 2.05) is 0 Å². The van der Waals surface area contributed by atoms with E-state index in [0.29, 0.717) is 0 Å². The van der Waals surface area contributed by atoms with Crippen molar-refractivity contribution >= 4 is 41.5 Å². The summed E-state index contributed by atoms with van der Waals surface area (Å²) in [6.45, 7) is 3.72. The molecule has 38 heavy (non-hydrogen) atoms. The summed E-state index contributed by atoms with van der Waals surface area (Å²) in [5.74, 6) is -5.83. The Labute approximate surface area is 220 Å². The Morgan fingerprint density at radius 3 is 1.82 bits per heavy atom. The van der Waals surface area contributed by atoms with Crippen LogP contribution in [0.4, 0.5) is 0 Å². The molecule has 0 aromatic heterocycles. The number of rotatable bonds is 19. The van der Waals surface area contributed by atoms with E-state index < -0.39 is 59.7 Å². The van der Waals surface area contributed by atoms with Crippen molar-refractivity contribution in [2.24, 2.45) is 33.8 Å². The summed E-state index contributed by atoms with van der Waals surface area (Å²) in [5, 5.41) is 25.5. The molecular weight excluding hydrogens is 504 g/mol. The molecule has 0 rings (SSSR count). The average molecular weight is 545 g/mol. The highest BCUT2D eigenvalue weighted by molar-refractivity contribution is 5.94. The molecule has 4 unspecified atom stereocenters. The predicted molar refractivity (Wildman–Crippen MR) is 136 cm³/mol. The van der Waals surface area contributed by atoms with E-state index in [4.69, 9.17) is 28.0 Å². The highest BCUT2D eigenvalue weighted by Crippen LogP contribution is 2.09. The van der Waals surface area contributed by atoms with Crippen LogP contribution in [0, 0.1) is 5.92 Å². The number of amides is 4. The minimum Gasteiger partial charge on any atom is -0.481 e. The van der Waals surface area contributed by atoms with E-state index in [-0.39, 0.29) is 63.4 Å². The number of carbonyl (C=O) groups excluding carboxylic acids is 4. The lowest BCUT2D eigenvalue weighted by Gasteiger charge is -2.26. The van der Waals surface area contributed by atoms with Gasteiger partial charge >= 0.3 is 11.9 Å². The quantitative estimate of drug-likeness (QED) is 0.0450. The molecule has 0 heterocycles. The van der Waals surface area contributed by atoms with E-state index in [1.165, 1.54) is 0 Å². The van der Waals surface area contributed by atoms with Crippen LogP contribution in [0.2, 0.25) is 0 Å². The van der Waals surface area contributed by atoms with Crippen molar-refractivity contribution in [3.63, 3.8) is 0 Å². The summed E-state index contributed by atoms with van der Waals surface area (Å²) in [4.78, 5) is 75.7. The van der Waals surface area contributed by atoms with E-state index in [1.54, 1.807) is 13.8 Å². The molecule has 0 aromatic carbocycles. The maximum Gasteiger partial charge on any atom is 0.326 e. The molecule has 4 amide bonds. The Morgan fingerprint density at radius 2 is 1.32 bits per heavy atom. The maximum absolute atomic E-state index is 13.1. The monoisotopic (exact) mass is 544 g/mol. The molecule has 0 radical (unpaired) electrons. The molecule has 0 aromatic rings. The molecule has 16 heteroatoms. The van der Waals surface area contributed by atoms with E-state index in [0.717, 1.165) is 0 Å². The van der Waals surface area contributed by atoms with Crippen LogP contribution in [0.15, 0.2) is 4.99 Å². The largest absolute Gasteiger partial charge is 0.481 e. The van der Waals surface area contributed by atoms with Crippen LogP contribution in [-0.2, 0) is 28.8 Å². The summed E-state index contributed by atoms with van der Waals surface area (Å²) >= 11 is 0.